The molecule has 8 nitrogen and oxygen atoms in total. The number of imide groups is 1. The number of carbonyl (C=O) groups is 3. The lowest BCUT2D eigenvalue weighted by molar-refractivity contribution is -0.156. The fourth-order valence-corrected chi connectivity index (χ4v) is 4.30. The summed E-state index contributed by atoms with van der Waals surface area (Å²) >= 11 is 0. The number of nitrogens with zero attached hydrogens (tertiary/aromatic N) is 1. The quantitative estimate of drug-likeness (QED) is 0.575. The van der Waals surface area contributed by atoms with E-state index in [0.29, 0.717) is 5.56 Å². The molecule has 2 aliphatic heterocycles. The number of benzene rings is 1. The van der Waals surface area contributed by atoms with Gasteiger partial charge < -0.3 is 14.3 Å². The van der Waals surface area contributed by atoms with Crippen LogP contribution in [-0.2, 0) is 25.7 Å². The van der Waals surface area contributed by atoms with Crippen molar-refractivity contribution in [3.8, 4) is 0 Å². The van der Waals surface area contributed by atoms with Gasteiger partial charge in [0.2, 0.25) is 11.8 Å². The van der Waals surface area contributed by atoms with Gasteiger partial charge in [0.05, 0.1) is 44.6 Å². The monoisotopic (exact) mass is 384 g/mol. The van der Waals surface area contributed by atoms with E-state index in [0.717, 1.165) is 10.5 Å². The van der Waals surface area contributed by atoms with Gasteiger partial charge in [-0.1, -0.05) is 30.3 Å². The molecule has 0 saturated carbocycles. The summed E-state index contributed by atoms with van der Waals surface area (Å²) < 4.78 is 9.99. The number of esters is 1. The highest BCUT2D eigenvalue weighted by Crippen LogP contribution is 2.49. The average molecular weight is 384 g/mol. The van der Waals surface area contributed by atoms with Crippen LogP contribution in [0.5, 0.6) is 0 Å². The highest BCUT2D eigenvalue weighted by atomic mass is 16.5. The van der Waals surface area contributed by atoms with Gasteiger partial charge >= 0.3 is 5.97 Å². The van der Waals surface area contributed by atoms with Crippen molar-refractivity contribution in [2.24, 2.45) is 11.8 Å². The van der Waals surface area contributed by atoms with Crippen molar-refractivity contribution in [2.45, 2.75) is 18.1 Å². The largest absolute Gasteiger partial charge is 0.472 e. The first-order valence-corrected chi connectivity index (χ1v) is 8.91. The number of aliphatic hydroxyl groups is 1. The fraction of sp³-hybridized carbons (Fsp3) is 0.350. The summed E-state index contributed by atoms with van der Waals surface area (Å²) in [5.74, 6) is -3.59. The van der Waals surface area contributed by atoms with Crippen LogP contribution in [0.15, 0.2) is 53.3 Å². The molecule has 2 aromatic rings. The summed E-state index contributed by atoms with van der Waals surface area (Å²) in [6.45, 7) is -0.570. The molecule has 2 N–H and O–H groups in total. The molecule has 2 aliphatic rings. The first kappa shape index (κ1) is 18.4. The third-order valence-electron chi connectivity index (χ3n) is 5.63. The second-order valence-electron chi connectivity index (χ2n) is 7.05. The average Bonchev–Trinajstić information content (AvgIpc) is 3.42. The van der Waals surface area contributed by atoms with Crippen molar-refractivity contribution >= 4 is 17.8 Å². The Morgan fingerprint density at radius 3 is 2.61 bits per heavy atom. The van der Waals surface area contributed by atoms with Crippen molar-refractivity contribution in [3.63, 3.8) is 0 Å². The van der Waals surface area contributed by atoms with Crippen LogP contribution in [-0.4, -0.2) is 47.0 Å². The maximum Gasteiger partial charge on any atom is 0.329 e. The summed E-state index contributed by atoms with van der Waals surface area (Å²) in [6.07, 6.45) is 2.91. The number of amides is 2. The molecule has 8 heteroatoms. The summed E-state index contributed by atoms with van der Waals surface area (Å²) in [6, 6.07) is 10.1. The number of furan rings is 1. The SMILES string of the molecule is COC(=O)[C@@]1(CO)N[C@@H](c2ccoc2)[C@H]2C(=O)N(Cc3ccccc3)C(=O)[C@H]21. The van der Waals surface area contributed by atoms with E-state index in [1.165, 1.54) is 19.6 Å². The third-order valence-corrected chi connectivity index (χ3v) is 5.63. The van der Waals surface area contributed by atoms with E-state index in [9.17, 15) is 19.5 Å². The second-order valence-corrected chi connectivity index (χ2v) is 7.05. The van der Waals surface area contributed by atoms with E-state index in [4.69, 9.17) is 9.15 Å². The molecular weight excluding hydrogens is 364 g/mol. The van der Waals surface area contributed by atoms with Crippen LogP contribution in [0.3, 0.4) is 0 Å². The summed E-state index contributed by atoms with van der Waals surface area (Å²) in [5.41, 5.74) is -0.277. The van der Waals surface area contributed by atoms with Crippen molar-refractivity contribution in [1.29, 1.82) is 0 Å². The number of hydrogen-bond donors (Lipinski definition) is 2. The van der Waals surface area contributed by atoms with Crippen LogP contribution < -0.4 is 5.32 Å². The lowest BCUT2D eigenvalue weighted by Crippen LogP contribution is -2.58. The van der Waals surface area contributed by atoms with Gasteiger partial charge in [-0.25, -0.2) is 4.79 Å². The Labute approximate surface area is 161 Å². The number of nitrogens with one attached hydrogen (secondary N) is 1. The zero-order valence-electron chi connectivity index (χ0n) is 15.2. The molecule has 2 saturated heterocycles. The number of methoxy groups -OCH3 is 1. The number of likely N-dealkylation sites (tertiary alicyclic amines) is 1. The van der Waals surface area contributed by atoms with Crippen LogP contribution >= 0.6 is 0 Å². The number of rotatable bonds is 5. The fourth-order valence-electron chi connectivity index (χ4n) is 4.30. The molecule has 0 bridgehead atoms. The third kappa shape index (κ3) is 2.56. The Bertz CT molecular complexity index is 897. The number of carbonyl (C=O) groups excluding carboxylic acids is 3. The van der Waals surface area contributed by atoms with Gasteiger partial charge in [-0.05, 0) is 11.6 Å². The van der Waals surface area contributed by atoms with Crippen LogP contribution in [0, 0.1) is 11.8 Å². The predicted octanol–water partition coefficient (Wildman–Crippen LogP) is 0.629. The number of aliphatic hydroxyl groups excluding tert-OH is 1. The minimum absolute atomic E-state index is 0.103. The predicted molar refractivity (Wildman–Crippen MR) is 95.4 cm³/mol. The van der Waals surface area contributed by atoms with Crippen LogP contribution in [0.2, 0.25) is 0 Å². The Morgan fingerprint density at radius 2 is 2.00 bits per heavy atom. The summed E-state index contributed by atoms with van der Waals surface area (Å²) in [5, 5.41) is 13.1. The maximum atomic E-state index is 13.2. The van der Waals surface area contributed by atoms with Gasteiger partial charge in [0.15, 0.2) is 5.54 Å². The normalized spacial score (nSPS) is 29.2. The summed E-state index contributed by atoms with van der Waals surface area (Å²) in [4.78, 5) is 40.2. The lowest BCUT2D eigenvalue weighted by atomic mass is 9.80. The first-order valence-electron chi connectivity index (χ1n) is 8.91. The molecule has 0 radical (unpaired) electrons. The minimum atomic E-state index is -1.69. The first-order chi connectivity index (χ1) is 13.5. The lowest BCUT2D eigenvalue weighted by Gasteiger charge is -2.30. The molecule has 2 amide bonds. The van der Waals surface area contributed by atoms with Gasteiger partial charge in [0.25, 0.3) is 0 Å². The summed E-state index contributed by atoms with van der Waals surface area (Å²) in [7, 11) is 1.19. The maximum absolute atomic E-state index is 13.2. The smallest absolute Gasteiger partial charge is 0.329 e. The molecule has 0 unspecified atom stereocenters. The Hall–Kier alpha value is -2.97. The van der Waals surface area contributed by atoms with Crippen molar-refractivity contribution in [2.75, 3.05) is 13.7 Å². The number of ether oxygens (including phenoxy) is 1. The highest BCUT2D eigenvalue weighted by Gasteiger charge is 2.68. The zero-order chi connectivity index (χ0) is 19.9. The Morgan fingerprint density at radius 1 is 1.25 bits per heavy atom. The van der Waals surface area contributed by atoms with E-state index in [2.05, 4.69) is 5.32 Å². The zero-order valence-corrected chi connectivity index (χ0v) is 15.2. The molecule has 146 valence electrons. The minimum Gasteiger partial charge on any atom is -0.472 e. The molecule has 3 heterocycles. The van der Waals surface area contributed by atoms with Gasteiger partial charge in [-0.15, -0.1) is 0 Å². The number of fused-ring (bicyclic) bond motifs is 1. The van der Waals surface area contributed by atoms with Crippen molar-refractivity contribution < 1.29 is 28.6 Å². The van der Waals surface area contributed by atoms with E-state index >= 15 is 0 Å². The topological polar surface area (TPSA) is 109 Å². The van der Waals surface area contributed by atoms with E-state index in [-0.39, 0.29) is 6.54 Å². The van der Waals surface area contributed by atoms with E-state index < -0.39 is 47.8 Å². The second kappa shape index (κ2) is 6.88. The molecule has 4 rings (SSSR count). The van der Waals surface area contributed by atoms with Crippen LogP contribution in [0.4, 0.5) is 0 Å². The van der Waals surface area contributed by atoms with E-state index in [1.807, 2.05) is 30.3 Å². The molecule has 2 fully saturated rings. The standard InChI is InChI=1S/C20H20N2O6/c1-27-19(26)20(11-23)15-14(16(21-20)13-7-8-28-10-13)17(24)22(18(15)25)9-12-5-3-2-4-6-12/h2-8,10,14-16,21,23H,9,11H2,1H3/t14-,15-,16-,20-/m0/s1. The van der Waals surface area contributed by atoms with Crippen LogP contribution in [0.1, 0.15) is 17.2 Å². The molecule has 28 heavy (non-hydrogen) atoms. The van der Waals surface area contributed by atoms with Crippen molar-refractivity contribution in [3.05, 3.63) is 60.1 Å². The molecule has 1 aromatic carbocycles. The molecule has 0 spiro atoms. The Balaban J connectivity index is 1.76. The molecular formula is C20H20N2O6. The number of hydrogen-bond acceptors (Lipinski definition) is 7. The van der Waals surface area contributed by atoms with Gasteiger partial charge in [0, 0.05) is 11.6 Å². The van der Waals surface area contributed by atoms with E-state index in [1.54, 1.807) is 6.07 Å². The van der Waals surface area contributed by atoms with Gasteiger partial charge in [-0.2, -0.15) is 0 Å². The van der Waals surface area contributed by atoms with Crippen LogP contribution in [0.25, 0.3) is 0 Å². The Kier molecular flexibility index (Phi) is 4.52. The molecule has 4 atom stereocenters. The van der Waals surface area contributed by atoms with Crippen molar-refractivity contribution in [1.82, 2.24) is 10.2 Å². The molecule has 1 aromatic heterocycles. The molecule has 0 aliphatic carbocycles. The van der Waals surface area contributed by atoms with Gasteiger partial charge in [-0.3, -0.25) is 19.8 Å². The van der Waals surface area contributed by atoms with Gasteiger partial charge in [0.1, 0.15) is 0 Å². The highest BCUT2D eigenvalue weighted by molar-refractivity contribution is 6.09.